The Morgan fingerprint density at radius 1 is 1.35 bits per heavy atom. The minimum absolute atomic E-state index is 0.00984. The number of benzene rings is 1. The molecule has 2 heterocycles. The van der Waals surface area contributed by atoms with E-state index >= 15 is 0 Å². The maximum Gasteiger partial charge on any atom is 0.177 e. The molecule has 0 atom stereocenters. The number of hydrogen-bond donors (Lipinski definition) is 0. The Kier molecular flexibility index (Phi) is 4.29. The lowest BCUT2D eigenvalue weighted by molar-refractivity contribution is 0.0995. The number of hydrogen-bond acceptors (Lipinski definition) is 3. The Morgan fingerprint density at radius 2 is 2.20 bits per heavy atom. The monoisotopic (exact) mass is 370 g/mol. The molecule has 104 valence electrons. The molecule has 0 unspecified atom stereocenters. The van der Waals surface area contributed by atoms with Crippen molar-refractivity contribution in [1.29, 1.82) is 0 Å². The second kappa shape index (κ2) is 6.00. The number of Topliss-reactive ketones (excluding diaryl/α,β-unsaturated/α-hetero) is 1. The topological polar surface area (TPSA) is 17.1 Å². The van der Waals surface area contributed by atoms with Crippen LogP contribution >= 0.6 is 39.0 Å². The quantitative estimate of drug-likeness (QED) is 0.717. The number of thioether (sulfide) groups is 1. The first-order chi connectivity index (χ1) is 9.63. The van der Waals surface area contributed by atoms with Crippen molar-refractivity contribution in [3.05, 3.63) is 55.4 Å². The summed E-state index contributed by atoms with van der Waals surface area (Å²) in [5.41, 5.74) is 1.74. The molecule has 5 heteroatoms. The maximum atomic E-state index is 13.8. The van der Waals surface area contributed by atoms with E-state index in [1.54, 1.807) is 23.5 Å². The molecular formula is C15H12BrFOS2. The van der Waals surface area contributed by atoms with Gasteiger partial charge in [0.15, 0.2) is 5.78 Å². The Labute approximate surface area is 133 Å². The van der Waals surface area contributed by atoms with E-state index in [1.165, 1.54) is 16.5 Å². The third kappa shape index (κ3) is 3.00. The number of carbonyl (C=O) groups excluding carboxylic acids is 1. The van der Waals surface area contributed by atoms with E-state index in [4.69, 9.17) is 0 Å². The van der Waals surface area contributed by atoms with Gasteiger partial charge in [0, 0.05) is 21.5 Å². The summed E-state index contributed by atoms with van der Waals surface area (Å²) in [5, 5.41) is 0. The first-order valence-electron chi connectivity index (χ1n) is 6.30. The first-order valence-corrected chi connectivity index (χ1v) is 9.06. The van der Waals surface area contributed by atoms with Crippen LogP contribution < -0.4 is 0 Å². The number of rotatable bonds is 3. The normalized spacial score (nSPS) is 14.1. The van der Waals surface area contributed by atoms with E-state index < -0.39 is 0 Å². The molecule has 0 aliphatic carbocycles. The average molecular weight is 371 g/mol. The van der Waals surface area contributed by atoms with Gasteiger partial charge in [0.05, 0.1) is 4.88 Å². The summed E-state index contributed by atoms with van der Waals surface area (Å²) >= 11 is 6.70. The van der Waals surface area contributed by atoms with Crippen molar-refractivity contribution in [1.82, 2.24) is 0 Å². The molecule has 3 rings (SSSR count). The highest BCUT2D eigenvalue weighted by molar-refractivity contribution is 9.10. The number of thiophene rings is 1. The van der Waals surface area contributed by atoms with Crippen LogP contribution in [0.3, 0.4) is 0 Å². The van der Waals surface area contributed by atoms with Crippen molar-refractivity contribution >= 4 is 44.8 Å². The molecule has 0 saturated heterocycles. The summed E-state index contributed by atoms with van der Waals surface area (Å²) in [6.45, 7) is 0. The number of fused-ring (bicyclic) bond motifs is 1. The molecule has 0 N–H and O–H groups in total. The van der Waals surface area contributed by atoms with Crippen LogP contribution in [0.15, 0.2) is 28.7 Å². The SMILES string of the molecule is O=C(Cc1ccc(Br)cc1F)c1cc2c(s1)CCSC2. The van der Waals surface area contributed by atoms with Crippen LogP contribution in [-0.2, 0) is 18.6 Å². The van der Waals surface area contributed by atoms with Gasteiger partial charge in [-0.2, -0.15) is 11.8 Å². The fourth-order valence-corrected chi connectivity index (χ4v) is 4.85. The number of ketones is 1. The summed E-state index contributed by atoms with van der Waals surface area (Å²) in [5.74, 6) is 1.80. The third-order valence-corrected chi connectivity index (χ3v) is 6.05. The predicted octanol–water partition coefficient (Wildman–Crippen LogP) is 4.86. The van der Waals surface area contributed by atoms with Crippen molar-refractivity contribution in [2.45, 2.75) is 18.6 Å². The van der Waals surface area contributed by atoms with Crippen molar-refractivity contribution in [3.63, 3.8) is 0 Å². The molecule has 0 spiro atoms. The Balaban J connectivity index is 1.80. The van der Waals surface area contributed by atoms with Crippen LogP contribution in [0.4, 0.5) is 4.39 Å². The van der Waals surface area contributed by atoms with Gasteiger partial charge in [0.1, 0.15) is 5.82 Å². The highest BCUT2D eigenvalue weighted by Crippen LogP contribution is 2.32. The third-order valence-electron chi connectivity index (χ3n) is 3.27. The highest BCUT2D eigenvalue weighted by Gasteiger charge is 2.18. The summed E-state index contributed by atoms with van der Waals surface area (Å²) < 4.78 is 14.5. The van der Waals surface area contributed by atoms with Crippen LogP contribution in [-0.4, -0.2) is 11.5 Å². The largest absolute Gasteiger partial charge is 0.293 e. The minimum atomic E-state index is -0.329. The number of halogens is 2. The molecule has 1 aliphatic rings. The second-order valence-electron chi connectivity index (χ2n) is 4.70. The van der Waals surface area contributed by atoms with Crippen LogP contribution in [0.2, 0.25) is 0 Å². The molecule has 1 aromatic carbocycles. The summed E-state index contributed by atoms with van der Waals surface area (Å²) in [6.07, 6.45) is 1.18. The lowest BCUT2D eigenvalue weighted by atomic mass is 10.1. The van der Waals surface area contributed by atoms with E-state index in [-0.39, 0.29) is 18.0 Å². The lowest BCUT2D eigenvalue weighted by Crippen LogP contribution is -2.03. The van der Waals surface area contributed by atoms with Gasteiger partial charge >= 0.3 is 0 Å². The predicted molar refractivity (Wildman–Crippen MR) is 86.3 cm³/mol. The first kappa shape index (κ1) is 14.3. The van der Waals surface area contributed by atoms with Crippen molar-refractivity contribution < 1.29 is 9.18 Å². The molecule has 1 aliphatic heterocycles. The summed E-state index contributed by atoms with van der Waals surface area (Å²) in [6, 6.07) is 6.83. The van der Waals surface area contributed by atoms with Crippen LogP contribution in [0.25, 0.3) is 0 Å². The number of aryl methyl sites for hydroxylation is 1. The van der Waals surface area contributed by atoms with Crippen LogP contribution in [0.5, 0.6) is 0 Å². The minimum Gasteiger partial charge on any atom is -0.293 e. The van der Waals surface area contributed by atoms with E-state index in [9.17, 15) is 9.18 Å². The van der Waals surface area contributed by atoms with Gasteiger partial charge in [-0.05, 0) is 41.5 Å². The highest BCUT2D eigenvalue weighted by atomic mass is 79.9. The summed E-state index contributed by atoms with van der Waals surface area (Å²) in [4.78, 5) is 14.4. The van der Waals surface area contributed by atoms with Gasteiger partial charge in [-0.25, -0.2) is 4.39 Å². The second-order valence-corrected chi connectivity index (χ2v) is 7.85. The zero-order chi connectivity index (χ0) is 14.1. The molecule has 1 nitrogen and oxygen atoms in total. The zero-order valence-electron chi connectivity index (χ0n) is 10.6. The molecule has 0 fully saturated rings. The molecular weight excluding hydrogens is 359 g/mol. The Bertz CT molecular complexity index is 642. The van der Waals surface area contributed by atoms with Crippen molar-refractivity contribution in [3.8, 4) is 0 Å². The fourth-order valence-electron chi connectivity index (χ4n) is 2.21. The average Bonchev–Trinajstić information content (AvgIpc) is 2.86. The van der Waals surface area contributed by atoms with Gasteiger partial charge < -0.3 is 0 Å². The van der Waals surface area contributed by atoms with Crippen LogP contribution in [0, 0.1) is 5.82 Å². The van der Waals surface area contributed by atoms with E-state index in [1.807, 2.05) is 17.8 Å². The molecule has 1 aromatic heterocycles. The van der Waals surface area contributed by atoms with E-state index in [0.29, 0.717) is 10.0 Å². The van der Waals surface area contributed by atoms with Gasteiger partial charge in [-0.15, -0.1) is 11.3 Å². The van der Waals surface area contributed by atoms with Crippen LogP contribution in [0.1, 0.15) is 25.7 Å². The van der Waals surface area contributed by atoms with Gasteiger partial charge in [0.25, 0.3) is 0 Å². The smallest absolute Gasteiger partial charge is 0.177 e. The van der Waals surface area contributed by atoms with Crippen molar-refractivity contribution in [2.75, 3.05) is 5.75 Å². The summed E-state index contributed by atoms with van der Waals surface area (Å²) in [7, 11) is 0. The van der Waals surface area contributed by atoms with Gasteiger partial charge in [0.2, 0.25) is 0 Å². The van der Waals surface area contributed by atoms with Crippen molar-refractivity contribution in [2.24, 2.45) is 0 Å². The number of carbonyl (C=O) groups is 1. The van der Waals surface area contributed by atoms with Gasteiger partial charge in [-0.1, -0.05) is 22.0 Å². The molecule has 0 saturated carbocycles. The lowest BCUT2D eigenvalue weighted by Gasteiger charge is -2.08. The molecule has 0 bridgehead atoms. The fraction of sp³-hybridized carbons (Fsp3) is 0.267. The molecule has 0 radical (unpaired) electrons. The molecule has 20 heavy (non-hydrogen) atoms. The van der Waals surface area contributed by atoms with E-state index in [0.717, 1.165) is 22.8 Å². The molecule has 0 amide bonds. The molecule has 2 aromatic rings. The van der Waals surface area contributed by atoms with E-state index in [2.05, 4.69) is 15.9 Å². The zero-order valence-corrected chi connectivity index (χ0v) is 13.8. The Morgan fingerprint density at radius 3 is 2.95 bits per heavy atom. The van der Waals surface area contributed by atoms with Gasteiger partial charge in [-0.3, -0.25) is 4.79 Å². The standard InChI is InChI=1S/C15H12BrFOS2/c16-11-2-1-9(12(17)7-11)5-13(18)15-6-10-8-19-4-3-14(10)20-15/h1-2,6-7H,3-5,8H2. The maximum absolute atomic E-state index is 13.8. The Hall–Kier alpha value is -0.650.